The zero-order valence-electron chi connectivity index (χ0n) is 20.3. The Kier molecular flexibility index (Phi) is 7.69. The van der Waals surface area contributed by atoms with Crippen molar-refractivity contribution in [3.8, 4) is 22.8 Å². The molecule has 3 aromatic rings. The number of nitrogens with zero attached hydrogens (tertiary/aromatic N) is 3. The number of halogens is 1. The van der Waals surface area contributed by atoms with Gasteiger partial charge in [0, 0.05) is 13.6 Å². The van der Waals surface area contributed by atoms with Crippen LogP contribution >= 0.6 is 0 Å². The van der Waals surface area contributed by atoms with Crippen LogP contribution in [0.3, 0.4) is 0 Å². The van der Waals surface area contributed by atoms with E-state index in [0.29, 0.717) is 36.6 Å². The lowest BCUT2D eigenvalue weighted by Crippen LogP contribution is -2.22. The molecule has 0 saturated carbocycles. The van der Waals surface area contributed by atoms with Crippen LogP contribution in [0.2, 0.25) is 0 Å². The Hall–Kier alpha value is -4.12. The summed E-state index contributed by atoms with van der Waals surface area (Å²) in [6.07, 6.45) is 2.49. The Balaban J connectivity index is 1.38. The van der Waals surface area contributed by atoms with Crippen molar-refractivity contribution < 1.29 is 23.8 Å². The van der Waals surface area contributed by atoms with Gasteiger partial charge in [-0.25, -0.2) is 14.2 Å². The normalized spacial score (nSPS) is 14.1. The standard InChI is InChI=1S/C28H28FN3O4/c1-30-25-17-24(29)28(31-27(25)18-7-9-21(35-3)10-8-18)32(2)13-4-14-36-22-11-12-23-19(15-22)5-6-20(23)16-26(33)34/h7-12,15,17,20H,4-6,13-14,16H2,2-3H3,(H,33,34)/t20-/m0/s1. The van der Waals surface area contributed by atoms with Crippen molar-refractivity contribution in [3.05, 3.63) is 76.9 Å². The maximum absolute atomic E-state index is 14.8. The molecule has 0 radical (unpaired) electrons. The van der Waals surface area contributed by atoms with E-state index >= 15 is 0 Å². The molecule has 0 aliphatic heterocycles. The molecule has 0 amide bonds. The van der Waals surface area contributed by atoms with Crippen LogP contribution < -0.4 is 14.4 Å². The summed E-state index contributed by atoms with van der Waals surface area (Å²) < 4.78 is 25.9. The maximum atomic E-state index is 14.8. The molecule has 1 aliphatic carbocycles. The van der Waals surface area contributed by atoms with Gasteiger partial charge in [0.25, 0.3) is 0 Å². The van der Waals surface area contributed by atoms with Crippen LogP contribution in [-0.2, 0) is 11.2 Å². The SMILES string of the molecule is [C-]#[N+]c1cc(F)c(N(C)CCCOc2ccc3c(c2)CC[C@H]3CC(=O)O)nc1-c1ccc(OC)cc1. The Morgan fingerprint density at radius 1 is 1.22 bits per heavy atom. The van der Waals surface area contributed by atoms with Gasteiger partial charge >= 0.3 is 5.97 Å². The maximum Gasteiger partial charge on any atom is 0.303 e. The second kappa shape index (κ2) is 11.1. The number of aromatic nitrogens is 1. The second-order valence-electron chi connectivity index (χ2n) is 8.82. The van der Waals surface area contributed by atoms with Crippen LogP contribution in [0, 0.1) is 12.4 Å². The molecule has 0 saturated heterocycles. The van der Waals surface area contributed by atoms with Crippen LogP contribution in [0.5, 0.6) is 11.5 Å². The smallest absolute Gasteiger partial charge is 0.303 e. The van der Waals surface area contributed by atoms with Crippen LogP contribution in [0.4, 0.5) is 15.9 Å². The van der Waals surface area contributed by atoms with Crippen molar-refractivity contribution >= 4 is 17.5 Å². The predicted molar refractivity (Wildman–Crippen MR) is 136 cm³/mol. The molecule has 1 aliphatic rings. The largest absolute Gasteiger partial charge is 0.497 e. The highest BCUT2D eigenvalue weighted by Gasteiger charge is 2.25. The molecule has 7 nitrogen and oxygen atoms in total. The molecule has 0 unspecified atom stereocenters. The monoisotopic (exact) mass is 489 g/mol. The van der Waals surface area contributed by atoms with E-state index in [0.717, 1.165) is 29.7 Å². The number of rotatable bonds is 10. The van der Waals surface area contributed by atoms with Crippen LogP contribution in [0.25, 0.3) is 16.1 Å². The third-order valence-corrected chi connectivity index (χ3v) is 6.43. The Labute approximate surface area is 209 Å². The van der Waals surface area contributed by atoms with Gasteiger partial charge < -0.3 is 19.5 Å². The first-order valence-corrected chi connectivity index (χ1v) is 11.8. The number of carbonyl (C=O) groups is 1. The van der Waals surface area contributed by atoms with Gasteiger partial charge in [-0.05, 0) is 72.2 Å². The Morgan fingerprint density at radius 2 is 1.97 bits per heavy atom. The molecule has 186 valence electrons. The number of hydrogen-bond donors (Lipinski definition) is 1. The number of ether oxygens (including phenoxy) is 2. The number of hydrogen-bond acceptors (Lipinski definition) is 5. The van der Waals surface area contributed by atoms with Crippen molar-refractivity contribution in [3.63, 3.8) is 0 Å². The molecule has 8 heteroatoms. The average molecular weight is 490 g/mol. The van der Waals surface area contributed by atoms with Gasteiger partial charge in [-0.1, -0.05) is 18.2 Å². The molecule has 0 fully saturated rings. The molecule has 1 atom stereocenters. The molecule has 1 N–H and O–H groups in total. The first-order chi connectivity index (χ1) is 17.4. The minimum absolute atomic E-state index is 0.0691. The van der Waals surface area contributed by atoms with Gasteiger partial charge in [-0.15, -0.1) is 0 Å². The highest BCUT2D eigenvalue weighted by molar-refractivity contribution is 5.77. The summed E-state index contributed by atoms with van der Waals surface area (Å²) in [5.74, 6) is 0.361. The number of carboxylic acids is 1. The van der Waals surface area contributed by atoms with E-state index in [2.05, 4.69) is 9.83 Å². The lowest BCUT2D eigenvalue weighted by atomic mass is 9.98. The number of aliphatic carboxylic acids is 1. The fraction of sp³-hybridized carbons (Fsp3) is 0.321. The number of methoxy groups -OCH3 is 1. The Bertz CT molecular complexity index is 1290. The molecular formula is C28H28FN3O4. The molecule has 0 bridgehead atoms. The molecule has 4 rings (SSSR count). The van der Waals surface area contributed by atoms with E-state index in [-0.39, 0.29) is 23.8 Å². The van der Waals surface area contributed by atoms with Crippen molar-refractivity contribution in [2.24, 2.45) is 0 Å². The van der Waals surface area contributed by atoms with E-state index < -0.39 is 11.8 Å². The number of aryl methyl sites for hydroxylation is 1. The van der Waals surface area contributed by atoms with Crippen LogP contribution in [0.15, 0.2) is 48.5 Å². The quantitative estimate of drug-likeness (QED) is 0.284. The van der Waals surface area contributed by atoms with Gasteiger partial charge in [-0.2, -0.15) is 0 Å². The van der Waals surface area contributed by atoms with Gasteiger partial charge in [0.15, 0.2) is 11.6 Å². The molecule has 0 spiro atoms. The van der Waals surface area contributed by atoms with Gasteiger partial charge in [0.2, 0.25) is 5.69 Å². The average Bonchev–Trinajstić information content (AvgIpc) is 3.27. The van der Waals surface area contributed by atoms with E-state index in [4.69, 9.17) is 21.2 Å². The van der Waals surface area contributed by atoms with Crippen molar-refractivity contribution in [1.82, 2.24) is 4.98 Å². The minimum atomic E-state index is -0.775. The Morgan fingerprint density at radius 3 is 2.67 bits per heavy atom. The summed E-state index contributed by atoms with van der Waals surface area (Å²) in [6, 6.07) is 14.2. The van der Waals surface area contributed by atoms with Gasteiger partial charge in [-0.3, -0.25) is 4.79 Å². The molecular weight excluding hydrogens is 461 g/mol. The van der Waals surface area contributed by atoms with Crippen LogP contribution in [-0.4, -0.2) is 43.4 Å². The summed E-state index contributed by atoms with van der Waals surface area (Å²) in [5.41, 5.74) is 3.53. The number of carboxylic acid groups (broad SMARTS) is 1. The van der Waals surface area contributed by atoms with E-state index in [9.17, 15) is 9.18 Å². The molecule has 36 heavy (non-hydrogen) atoms. The van der Waals surface area contributed by atoms with Crippen molar-refractivity contribution in [2.45, 2.75) is 31.6 Å². The topological polar surface area (TPSA) is 76.3 Å². The van der Waals surface area contributed by atoms with Crippen molar-refractivity contribution in [1.29, 1.82) is 0 Å². The first kappa shape index (κ1) is 25.0. The highest BCUT2D eigenvalue weighted by Crippen LogP contribution is 2.37. The third kappa shape index (κ3) is 5.57. The minimum Gasteiger partial charge on any atom is -0.497 e. The third-order valence-electron chi connectivity index (χ3n) is 6.43. The number of fused-ring (bicyclic) bond motifs is 1. The van der Waals surface area contributed by atoms with E-state index in [1.807, 2.05) is 18.2 Å². The zero-order valence-corrected chi connectivity index (χ0v) is 20.3. The second-order valence-corrected chi connectivity index (χ2v) is 8.82. The summed E-state index contributed by atoms with van der Waals surface area (Å²) in [7, 11) is 3.34. The lowest BCUT2D eigenvalue weighted by Gasteiger charge is -2.20. The first-order valence-electron chi connectivity index (χ1n) is 11.8. The summed E-state index contributed by atoms with van der Waals surface area (Å²) in [6.45, 7) is 8.38. The van der Waals surface area contributed by atoms with Crippen LogP contribution in [0.1, 0.15) is 36.3 Å². The van der Waals surface area contributed by atoms with E-state index in [1.165, 1.54) is 6.07 Å². The fourth-order valence-corrected chi connectivity index (χ4v) is 4.58. The highest BCUT2D eigenvalue weighted by atomic mass is 19.1. The molecule has 2 aromatic carbocycles. The van der Waals surface area contributed by atoms with Crippen molar-refractivity contribution in [2.75, 3.05) is 32.2 Å². The fourth-order valence-electron chi connectivity index (χ4n) is 4.58. The number of benzene rings is 2. The number of pyridine rings is 1. The summed E-state index contributed by atoms with van der Waals surface area (Å²) in [4.78, 5) is 20.7. The van der Waals surface area contributed by atoms with Gasteiger partial charge in [0.05, 0.1) is 32.4 Å². The van der Waals surface area contributed by atoms with Gasteiger partial charge in [0.1, 0.15) is 11.5 Å². The predicted octanol–water partition coefficient (Wildman–Crippen LogP) is 5.86. The summed E-state index contributed by atoms with van der Waals surface area (Å²) in [5, 5.41) is 9.09. The lowest BCUT2D eigenvalue weighted by molar-refractivity contribution is -0.137. The summed E-state index contributed by atoms with van der Waals surface area (Å²) >= 11 is 0. The molecule has 1 aromatic heterocycles. The number of anilines is 1. The molecule has 1 heterocycles. The van der Waals surface area contributed by atoms with E-state index in [1.54, 1.807) is 43.3 Å². The zero-order chi connectivity index (χ0) is 25.7.